The highest BCUT2D eigenvalue weighted by Crippen LogP contribution is 2.16. The molecule has 0 saturated heterocycles. The predicted molar refractivity (Wildman–Crippen MR) is 94.3 cm³/mol. The number of halogens is 1. The third-order valence-electron chi connectivity index (χ3n) is 3.37. The van der Waals surface area contributed by atoms with Crippen molar-refractivity contribution in [3.8, 4) is 0 Å². The van der Waals surface area contributed by atoms with E-state index in [-0.39, 0.29) is 17.4 Å². The van der Waals surface area contributed by atoms with Crippen molar-refractivity contribution >= 4 is 23.4 Å². The largest absolute Gasteiger partial charge is 0.350 e. The van der Waals surface area contributed by atoms with Crippen LogP contribution in [0.25, 0.3) is 0 Å². The van der Waals surface area contributed by atoms with Crippen LogP contribution in [-0.2, 0) is 16.1 Å². The lowest BCUT2D eigenvalue weighted by molar-refractivity contribution is -0.141. The van der Waals surface area contributed by atoms with Gasteiger partial charge in [-0.25, -0.2) is 0 Å². The maximum atomic E-state index is 12.5. The third kappa shape index (κ3) is 6.61. The second-order valence-electron chi connectivity index (χ2n) is 6.82. The van der Waals surface area contributed by atoms with E-state index in [4.69, 9.17) is 11.6 Å². The second kappa shape index (κ2) is 8.34. The van der Waals surface area contributed by atoms with Crippen molar-refractivity contribution in [3.05, 3.63) is 34.9 Å². The van der Waals surface area contributed by atoms with Crippen molar-refractivity contribution in [2.75, 3.05) is 0 Å². The van der Waals surface area contributed by atoms with Crippen LogP contribution in [0.3, 0.4) is 0 Å². The highest BCUT2D eigenvalue weighted by molar-refractivity contribution is 6.30. The van der Waals surface area contributed by atoms with Crippen LogP contribution in [0, 0.1) is 0 Å². The fourth-order valence-electron chi connectivity index (χ4n) is 2.25. The van der Waals surface area contributed by atoms with Crippen LogP contribution in [0.15, 0.2) is 24.3 Å². The molecule has 1 aromatic rings. The van der Waals surface area contributed by atoms with Gasteiger partial charge in [-0.2, -0.15) is 0 Å². The summed E-state index contributed by atoms with van der Waals surface area (Å²) in [5.41, 5.74) is 0.582. The topological polar surface area (TPSA) is 49.4 Å². The van der Waals surface area contributed by atoms with Gasteiger partial charge >= 0.3 is 0 Å². The number of rotatable bonds is 6. The molecule has 1 unspecified atom stereocenters. The van der Waals surface area contributed by atoms with E-state index in [0.29, 0.717) is 18.0 Å². The quantitative estimate of drug-likeness (QED) is 0.858. The predicted octanol–water partition coefficient (Wildman–Crippen LogP) is 3.77. The highest BCUT2D eigenvalue weighted by atomic mass is 35.5. The summed E-state index contributed by atoms with van der Waals surface area (Å²) < 4.78 is 0. The zero-order valence-corrected chi connectivity index (χ0v) is 15.4. The van der Waals surface area contributed by atoms with Gasteiger partial charge in [0.25, 0.3) is 0 Å². The Morgan fingerprint density at radius 2 is 1.96 bits per heavy atom. The minimum absolute atomic E-state index is 0.0240. The van der Waals surface area contributed by atoms with Gasteiger partial charge in [-0.1, -0.05) is 30.7 Å². The van der Waals surface area contributed by atoms with Crippen LogP contribution in [0.2, 0.25) is 5.02 Å². The summed E-state index contributed by atoms with van der Waals surface area (Å²) in [6.45, 7) is 9.86. The van der Waals surface area contributed by atoms with Crippen LogP contribution < -0.4 is 5.32 Å². The van der Waals surface area contributed by atoms with E-state index in [2.05, 4.69) is 5.32 Å². The molecular weight excluding hydrogens is 312 g/mol. The molecule has 0 aliphatic carbocycles. The lowest BCUT2D eigenvalue weighted by atomic mass is 10.1. The maximum Gasteiger partial charge on any atom is 0.242 e. The maximum absolute atomic E-state index is 12.5. The lowest BCUT2D eigenvalue weighted by Crippen LogP contribution is -2.52. The molecule has 0 aliphatic rings. The van der Waals surface area contributed by atoms with Gasteiger partial charge in [0, 0.05) is 23.5 Å². The summed E-state index contributed by atoms with van der Waals surface area (Å²) in [7, 11) is 0. The fraction of sp³-hybridized carbons (Fsp3) is 0.556. The van der Waals surface area contributed by atoms with Crippen LogP contribution in [0.5, 0.6) is 0 Å². The van der Waals surface area contributed by atoms with E-state index >= 15 is 0 Å². The first kappa shape index (κ1) is 19.5. The Morgan fingerprint density at radius 1 is 1.30 bits per heavy atom. The molecule has 0 spiro atoms. The molecule has 0 fully saturated rings. The smallest absolute Gasteiger partial charge is 0.242 e. The first-order chi connectivity index (χ1) is 10.6. The van der Waals surface area contributed by atoms with E-state index in [1.54, 1.807) is 17.9 Å². The highest BCUT2D eigenvalue weighted by Gasteiger charge is 2.27. The molecule has 0 aromatic heterocycles. The van der Waals surface area contributed by atoms with Crippen LogP contribution >= 0.6 is 11.6 Å². The Bertz CT molecular complexity index is 552. The number of nitrogens with one attached hydrogen (secondary N) is 1. The van der Waals surface area contributed by atoms with Crippen LogP contribution in [0.1, 0.15) is 53.0 Å². The van der Waals surface area contributed by atoms with E-state index < -0.39 is 6.04 Å². The Hall–Kier alpha value is -1.55. The minimum Gasteiger partial charge on any atom is -0.350 e. The van der Waals surface area contributed by atoms with E-state index in [1.165, 1.54) is 0 Å². The van der Waals surface area contributed by atoms with E-state index in [9.17, 15) is 9.59 Å². The zero-order chi connectivity index (χ0) is 17.6. The van der Waals surface area contributed by atoms with Crippen molar-refractivity contribution in [2.24, 2.45) is 0 Å². The molecule has 1 rings (SSSR count). The fourth-order valence-corrected chi connectivity index (χ4v) is 2.46. The Morgan fingerprint density at radius 3 is 2.48 bits per heavy atom. The standard InChI is InChI=1S/C18H27ClN2O2/c1-6-8-16(22)21(12-14-9-7-10-15(19)11-14)13(2)17(23)20-18(3,4)5/h7,9-11,13H,6,8,12H2,1-5H3,(H,20,23). The van der Waals surface area contributed by atoms with Crippen molar-refractivity contribution < 1.29 is 9.59 Å². The molecule has 0 aliphatic heterocycles. The molecule has 1 atom stereocenters. The van der Waals surface area contributed by atoms with E-state index in [1.807, 2.05) is 45.9 Å². The van der Waals surface area contributed by atoms with Gasteiger partial charge in [0.05, 0.1) is 0 Å². The summed E-state index contributed by atoms with van der Waals surface area (Å²) in [5, 5.41) is 3.56. The first-order valence-electron chi connectivity index (χ1n) is 8.00. The summed E-state index contributed by atoms with van der Waals surface area (Å²) in [6, 6.07) is 6.83. The monoisotopic (exact) mass is 338 g/mol. The lowest BCUT2D eigenvalue weighted by Gasteiger charge is -2.31. The van der Waals surface area contributed by atoms with Gasteiger partial charge in [-0.05, 0) is 51.8 Å². The number of benzene rings is 1. The SMILES string of the molecule is CCCC(=O)N(Cc1cccc(Cl)c1)C(C)C(=O)NC(C)(C)C. The first-order valence-corrected chi connectivity index (χ1v) is 8.37. The van der Waals surface area contributed by atoms with Crippen molar-refractivity contribution in [2.45, 2.75) is 65.6 Å². The number of carbonyl (C=O) groups is 2. The number of nitrogens with zero attached hydrogens (tertiary/aromatic N) is 1. The molecule has 1 aromatic carbocycles. The number of amides is 2. The van der Waals surface area contributed by atoms with Crippen molar-refractivity contribution in [3.63, 3.8) is 0 Å². The molecule has 4 nitrogen and oxygen atoms in total. The van der Waals surface area contributed by atoms with Crippen LogP contribution in [-0.4, -0.2) is 28.3 Å². The number of hydrogen-bond donors (Lipinski definition) is 1. The summed E-state index contributed by atoms with van der Waals surface area (Å²) >= 11 is 6.02. The Labute approximate surface area is 144 Å². The molecule has 2 amide bonds. The molecular formula is C18H27ClN2O2. The summed E-state index contributed by atoms with van der Waals surface area (Å²) in [6.07, 6.45) is 1.17. The van der Waals surface area contributed by atoms with Crippen LogP contribution in [0.4, 0.5) is 0 Å². The molecule has 0 saturated carbocycles. The molecule has 0 heterocycles. The molecule has 5 heteroatoms. The summed E-state index contributed by atoms with van der Waals surface area (Å²) in [5.74, 6) is -0.173. The Balaban J connectivity index is 2.95. The van der Waals surface area contributed by atoms with Gasteiger partial charge in [-0.3, -0.25) is 9.59 Å². The van der Waals surface area contributed by atoms with Gasteiger partial charge < -0.3 is 10.2 Å². The normalized spacial score (nSPS) is 12.6. The third-order valence-corrected chi connectivity index (χ3v) is 3.61. The van der Waals surface area contributed by atoms with Crippen molar-refractivity contribution in [1.29, 1.82) is 0 Å². The van der Waals surface area contributed by atoms with Crippen molar-refractivity contribution in [1.82, 2.24) is 10.2 Å². The van der Waals surface area contributed by atoms with Gasteiger partial charge in [0.2, 0.25) is 11.8 Å². The zero-order valence-electron chi connectivity index (χ0n) is 14.6. The average Bonchev–Trinajstić information content (AvgIpc) is 2.42. The van der Waals surface area contributed by atoms with E-state index in [0.717, 1.165) is 12.0 Å². The molecule has 23 heavy (non-hydrogen) atoms. The molecule has 1 N–H and O–H groups in total. The number of carbonyl (C=O) groups excluding carboxylic acids is 2. The second-order valence-corrected chi connectivity index (χ2v) is 7.25. The van der Waals surface area contributed by atoms with Gasteiger partial charge in [0.15, 0.2) is 0 Å². The average molecular weight is 339 g/mol. The minimum atomic E-state index is -0.535. The number of hydrogen-bond acceptors (Lipinski definition) is 2. The molecule has 128 valence electrons. The van der Waals surface area contributed by atoms with Gasteiger partial charge in [0.1, 0.15) is 6.04 Å². The van der Waals surface area contributed by atoms with Gasteiger partial charge in [-0.15, -0.1) is 0 Å². The molecule has 0 bridgehead atoms. The molecule has 0 radical (unpaired) electrons. The summed E-state index contributed by atoms with van der Waals surface area (Å²) in [4.78, 5) is 26.5. The Kier molecular flexibility index (Phi) is 7.07.